The van der Waals surface area contributed by atoms with Crippen molar-refractivity contribution in [3.8, 4) is 0 Å². The molecule has 26 heavy (non-hydrogen) atoms. The third kappa shape index (κ3) is 4.60. The van der Waals surface area contributed by atoms with Crippen molar-refractivity contribution in [3.63, 3.8) is 0 Å². The van der Waals surface area contributed by atoms with E-state index in [4.69, 9.17) is 0 Å². The van der Waals surface area contributed by atoms with Crippen molar-refractivity contribution in [3.05, 3.63) is 53.3 Å². The van der Waals surface area contributed by atoms with E-state index in [2.05, 4.69) is 15.3 Å². The predicted molar refractivity (Wildman–Crippen MR) is 101 cm³/mol. The zero-order valence-electron chi connectivity index (χ0n) is 14.8. The molecule has 0 atom stereocenters. The maximum absolute atomic E-state index is 12.5. The van der Waals surface area contributed by atoms with Gasteiger partial charge in [0.15, 0.2) is 5.16 Å². The van der Waals surface area contributed by atoms with Crippen LogP contribution < -0.4 is 5.32 Å². The Kier molecular flexibility index (Phi) is 6.22. The van der Waals surface area contributed by atoms with Crippen LogP contribution in [-0.2, 0) is 6.54 Å². The van der Waals surface area contributed by atoms with Crippen LogP contribution in [0.1, 0.15) is 45.5 Å². The summed E-state index contributed by atoms with van der Waals surface area (Å²) in [6.45, 7) is 2.07. The van der Waals surface area contributed by atoms with Gasteiger partial charge in [-0.2, -0.15) is 0 Å². The standard InChI is InChI=1S/C19H22N4O2S/c1-26-19-21-12-16(13-22-19)17(24)20-11-14-5-7-15(8-6-14)18(25)23-9-3-2-4-10-23/h5-8,12-13H,2-4,9-11H2,1H3,(H,20,24). The van der Waals surface area contributed by atoms with Crippen molar-refractivity contribution in [2.24, 2.45) is 0 Å². The Labute approximate surface area is 157 Å². The van der Waals surface area contributed by atoms with Crippen molar-refractivity contribution in [1.29, 1.82) is 0 Å². The van der Waals surface area contributed by atoms with Crippen molar-refractivity contribution in [1.82, 2.24) is 20.2 Å². The number of piperidine rings is 1. The largest absolute Gasteiger partial charge is 0.348 e. The van der Waals surface area contributed by atoms with Crippen LogP contribution in [0, 0.1) is 0 Å². The Hall–Kier alpha value is -2.41. The fraction of sp³-hybridized carbons (Fsp3) is 0.368. The van der Waals surface area contributed by atoms with E-state index in [9.17, 15) is 9.59 Å². The van der Waals surface area contributed by atoms with E-state index in [-0.39, 0.29) is 11.8 Å². The summed E-state index contributed by atoms with van der Waals surface area (Å²) in [5.41, 5.74) is 2.07. The van der Waals surface area contributed by atoms with Crippen LogP contribution in [-0.4, -0.2) is 46.0 Å². The molecule has 0 radical (unpaired) electrons. The van der Waals surface area contributed by atoms with Gasteiger partial charge in [-0.15, -0.1) is 0 Å². The lowest BCUT2D eigenvalue weighted by atomic mass is 10.1. The molecule has 3 rings (SSSR count). The van der Waals surface area contributed by atoms with E-state index in [1.165, 1.54) is 30.6 Å². The number of amides is 2. The van der Waals surface area contributed by atoms with E-state index in [1.54, 1.807) is 0 Å². The van der Waals surface area contributed by atoms with E-state index in [0.717, 1.165) is 31.5 Å². The van der Waals surface area contributed by atoms with E-state index >= 15 is 0 Å². The van der Waals surface area contributed by atoms with Gasteiger partial charge in [0.25, 0.3) is 11.8 Å². The SMILES string of the molecule is CSc1ncc(C(=O)NCc2ccc(C(=O)N3CCCCC3)cc2)cn1. The Balaban J connectivity index is 1.55. The molecule has 2 heterocycles. The molecule has 1 aliphatic heterocycles. The van der Waals surface area contributed by atoms with E-state index < -0.39 is 0 Å². The van der Waals surface area contributed by atoms with Gasteiger partial charge in [0, 0.05) is 37.6 Å². The summed E-state index contributed by atoms with van der Waals surface area (Å²) in [7, 11) is 0. The Morgan fingerprint density at radius 1 is 1.04 bits per heavy atom. The van der Waals surface area contributed by atoms with Gasteiger partial charge in [-0.05, 0) is 43.2 Å². The molecule has 2 amide bonds. The van der Waals surface area contributed by atoms with Gasteiger partial charge in [0.05, 0.1) is 5.56 Å². The second-order valence-electron chi connectivity index (χ2n) is 6.19. The number of rotatable bonds is 5. The van der Waals surface area contributed by atoms with Crippen LogP contribution >= 0.6 is 11.8 Å². The Morgan fingerprint density at radius 3 is 2.31 bits per heavy atom. The molecule has 1 fully saturated rings. The van der Waals surface area contributed by atoms with Gasteiger partial charge < -0.3 is 10.2 Å². The van der Waals surface area contributed by atoms with Crippen LogP contribution in [0.5, 0.6) is 0 Å². The fourth-order valence-electron chi connectivity index (χ4n) is 2.87. The second-order valence-corrected chi connectivity index (χ2v) is 6.96. The average molecular weight is 370 g/mol. The molecule has 7 heteroatoms. The van der Waals surface area contributed by atoms with Crippen molar-refractivity contribution in [2.45, 2.75) is 31.0 Å². The first-order valence-corrected chi connectivity index (χ1v) is 9.92. The molecular formula is C19H22N4O2S. The normalized spacial score (nSPS) is 14.1. The molecule has 1 aliphatic rings. The molecule has 0 spiro atoms. The summed E-state index contributed by atoms with van der Waals surface area (Å²) in [6, 6.07) is 7.42. The molecular weight excluding hydrogens is 348 g/mol. The lowest BCUT2D eigenvalue weighted by Crippen LogP contribution is -2.35. The predicted octanol–water partition coefficient (Wildman–Crippen LogP) is 2.75. The topological polar surface area (TPSA) is 75.2 Å². The summed E-state index contributed by atoms with van der Waals surface area (Å²) in [4.78, 5) is 34.7. The minimum Gasteiger partial charge on any atom is -0.348 e. The van der Waals surface area contributed by atoms with Gasteiger partial charge in [0.2, 0.25) is 0 Å². The zero-order valence-corrected chi connectivity index (χ0v) is 15.6. The number of nitrogens with zero attached hydrogens (tertiary/aromatic N) is 3. The molecule has 136 valence electrons. The lowest BCUT2D eigenvalue weighted by molar-refractivity contribution is 0.0724. The summed E-state index contributed by atoms with van der Waals surface area (Å²) in [6.07, 6.45) is 8.29. The molecule has 1 saturated heterocycles. The molecule has 1 N–H and O–H groups in total. The highest BCUT2D eigenvalue weighted by Gasteiger charge is 2.17. The number of likely N-dealkylation sites (tertiary alicyclic amines) is 1. The van der Waals surface area contributed by atoms with Crippen molar-refractivity contribution < 1.29 is 9.59 Å². The maximum Gasteiger partial charge on any atom is 0.254 e. The Morgan fingerprint density at radius 2 is 1.69 bits per heavy atom. The zero-order chi connectivity index (χ0) is 18.4. The second kappa shape index (κ2) is 8.80. The first-order valence-electron chi connectivity index (χ1n) is 8.70. The Bertz CT molecular complexity index is 756. The summed E-state index contributed by atoms with van der Waals surface area (Å²) >= 11 is 1.43. The molecule has 0 aliphatic carbocycles. The van der Waals surface area contributed by atoms with Gasteiger partial charge in [0.1, 0.15) is 0 Å². The van der Waals surface area contributed by atoms with Gasteiger partial charge in [-0.25, -0.2) is 9.97 Å². The molecule has 2 aromatic rings. The fourth-order valence-corrected chi connectivity index (χ4v) is 3.18. The lowest BCUT2D eigenvalue weighted by Gasteiger charge is -2.26. The minimum atomic E-state index is -0.217. The quantitative estimate of drug-likeness (QED) is 0.647. The monoisotopic (exact) mass is 370 g/mol. The smallest absolute Gasteiger partial charge is 0.254 e. The third-order valence-electron chi connectivity index (χ3n) is 4.37. The number of aromatic nitrogens is 2. The average Bonchev–Trinajstić information content (AvgIpc) is 2.72. The molecule has 0 unspecified atom stereocenters. The highest BCUT2D eigenvalue weighted by Crippen LogP contribution is 2.14. The number of carbonyl (C=O) groups excluding carboxylic acids is 2. The van der Waals surface area contributed by atoms with Crippen LogP contribution in [0.3, 0.4) is 0 Å². The number of thioether (sulfide) groups is 1. The number of benzene rings is 1. The van der Waals surface area contributed by atoms with Crippen LogP contribution in [0.4, 0.5) is 0 Å². The highest BCUT2D eigenvalue weighted by molar-refractivity contribution is 7.98. The molecule has 1 aromatic carbocycles. The third-order valence-corrected chi connectivity index (χ3v) is 4.95. The van der Waals surface area contributed by atoms with Gasteiger partial charge >= 0.3 is 0 Å². The molecule has 6 nitrogen and oxygen atoms in total. The number of carbonyl (C=O) groups is 2. The van der Waals surface area contributed by atoms with E-state index in [1.807, 2.05) is 35.4 Å². The number of hydrogen-bond donors (Lipinski definition) is 1. The maximum atomic E-state index is 12.5. The van der Waals surface area contributed by atoms with Crippen molar-refractivity contribution >= 4 is 23.6 Å². The summed E-state index contributed by atoms with van der Waals surface area (Å²) in [5, 5.41) is 3.48. The first-order chi connectivity index (χ1) is 12.7. The van der Waals surface area contributed by atoms with Crippen LogP contribution in [0.2, 0.25) is 0 Å². The summed E-state index contributed by atoms with van der Waals surface area (Å²) in [5.74, 6) is -0.127. The van der Waals surface area contributed by atoms with Gasteiger partial charge in [-0.3, -0.25) is 9.59 Å². The van der Waals surface area contributed by atoms with Gasteiger partial charge in [-0.1, -0.05) is 23.9 Å². The summed E-state index contributed by atoms with van der Waals surface area (Å²) < 4.78 is 0. The highest BCUT2D eigenvalue weighted by atomic mass is 32.2. The van der Waals surface area contributed by atoms with E-state index in [0.29, 0.717) is 22.8 Å². The first kappa shape index (κ1) is 18.4. The number of nitrogens with one attached hydrogen (secondary N) is 1. The number of hydrogen-bond acceptors (Lipinski definition) is 5. The minimum absolute atomic E-state index is 0.0892. The molecule has 0 bridgehead atoms. The van der Waals surface area contributed by atoms with Crippen LogP contribution in [0.15, 0.2) is 41.8 Å². The molecule has 1 aromatic heterocycles. The molecule has 0 saturated carbocycles. The van der Waals surface area contributed by atoms with Crippen LogP contribution in [0.25, 0.3) is 0 Å². The van der Waals surface area contributed by atoms with Crippen molar-refractivity contribution in [2.75, 3.05) is 19.3 Å².